The maximum atomic E-state index is 13.5. The third kappa shape index (κ3) is 7.74. The van der Waals surface area contributed by atoms with Crippen LogP contribution in [0.2, 0.25) is 0 Å². The van der Waals surface area contributed by atoms with Crippen molar-refractivity contribution in [3.8, 4) is 0 Å². The zero-order valence-corrected chi connectivity index (χ0v) is 21.4. The first kappa shape index (κ1) is 29.4. The molecular weight excluding hydrogens is 539 g/mol. The number of rotatable bonds is 8. The van der Waals surface area contributed by atoms with Crippen molar-refractivity contribution in [2.75, 3.05) is 37.6 Å². The highest BCUT2D eigenvalue weighted by molar-refractivity contribution is 5.83. The molecule has 4 rings (SSSR count). The maximum Gasteiger partial charge on any atom is 0.416 e. The number of piperazine rings is 1. The number of amides is 1. The molecule has 0 spiro atoms. The van der Waals surface area contributed by atoms with Crippen molar-refractivity contribution in [3.63, 3.8) is 0 Å². The Kier molecular flexibility index (Phi) is 9.02. The van der Waals surface area contributed by atoms with Gasteiger partial charge in [0.25, 0.3) is 0 Å². The van der Waals surface area contributed by atoms with Gasteiger partial charge >= 0.3 is 12.4 Å². The molecule has 1 fully saturated rings. The van der Waals surface area contributed by atoms with E-state index in [9.17, 15) is 35.5 Å². The predicted octanol–water partition coefficient (Wildman–Crippen LogP) is 6.48. The summed E-state index contributed by atoms with van der Waals surface area (Å²) in [7, 11) is 0. The summed E-state index contributed by atoms with van der Waals surface area (Å²) < 4.78 is 92.9. The first-order valence-electron chi connectivity index (χ1n) is 12.7. The van der Waals surface area contributed by atoms with Crippen molar-refractivity contribution in [1.29, 1.82) is 0 Å². The fourth-order valence-corrected chi connectivity index (χ4v) is 4.76. The number of carbonyl (C=O) groups excluding carboxylic acids is 1. The topological polar surface area (TPSA) is 35.6 Å². The molecule has 214 valence electrons. The Bertz CT molecular complexity index is 1240. The fourth-order valence-electron chi connectivity index (χ4n) is 4.76. The van der Waals surface area contributed by atoms with Gasteiger partial charge in [-0.15, -0.1) is 0 Å². The number of halogens is 7. The molecule has 3 aromatic rings. The van der Waals surface area contributed by atoms with E-state index in [0.29, 0.717) is 30.7 Å². The first-order valence-corrected chi connectivity index (χ1v) is 12.7. The molecule has 1 heterocycles. The van der Waals surface area contributed by atoms with E-state index in [2.05, 4.69) is 15.1 Å². The minimum absolute atomic E-state index is 0.0458. The SMILES string of the molecule is O=C(NCc1cc(C(F)(F)F)cc(C(F)(F)F)c1)[C@@H](CCN1CCN(c2ccccc2)CC1)c1ccc(F)cc1. The standard InChI is InChI=1S/C29H28F7N3O/c30-24-8-6-21(7-9-24)26(10-11-38-12-14-39(15-13-38)25-4-2-1-3-5-25)27(40)37-19-20-16-22(28(31,32)33)18-23(17-20)29(34,35)36/h1-9,16-18,26H,10-15,19H2,(H,37,40)/t26-/m0/s1. The van der Waals surface area contributed by atoms with Crippen molar-refractivity contribution in [2.24, 2.45) is 0 Å². The highest BCUT2D eigenvalue weighted by Gasteiger charge is 2.37. The predicted molar refractivity (Wildman–Crippen MR) is 137 cm³/mol. The van der Waals surface area contributed by atoms with Gasteiger partial charge in [-0.3, -0.25) is 9.69 Å². The molecule has 1 aliphatic rings. The number of hydrogen-bond donors (Lipinski definition) is 1. The maximum absolute atomic E-state index is 13.5. The number of nitrogens with one attached hydrogen (secondary N) is 1. The average Bonchev–Trinajstić information content (AvgIpc) is 2.92. The lowest BCUT2D eigenvalue weighted by molar-refractivity contribution is -0.143. The number of carbonyl (C=O) groups is 1. The molecule has 1 atom stereocenters. The zero-order valence-electron chi connectivity index (χ0n) is 21.4. The van der Waals surface area contributed by atoms with Crippen molar-refractivity contribution < 1.29 is 35.5 Å². The van der Waals surface area contributed by atoms with Crippen LogP contribution in [0.3, 0.4) is 0 Å². The van der Waals surface area contributed by atoms with Crippen LogP contribution in [0, 0.1) is 5.82 Å². The summed E-state index contributed by atoms with van der Waals surface area (Å²) in [4.78, 5) is 17.6. The molecule has 0 aliphatic carbocycles. The number of para-hydroxylation sites is 1. The number of benzene rings is 3. The molecule has 11 heteroatoms. The lowest BCUT2D eigenvalue weighted by Crippen LogP contribution is -2.47. The van der Waals surface area contributed by atoms with Crippen molar-refractivity contribution in [2.45, 2.75) is 31.2 Å². The zero-order chi connectivity index (χ0) is 28.9. The van der Waals surface area contributed by atoms with Crippen LogP contribution in [-0.4, -0.2) is 43.5 Å². The normalized spacial score (nSPS) is 15.6. The smallest absolute Gasteiger partial charge is 0.369 e. The van der Waals surface area contributed by atoms with Gasteiger partial charge in [-0.1, -0.05) is 30.3 Å². The van der Waals surface area contributed by atoms with E-state index in [0.717, 1.165) is 31.9 Å². The molecule has 0 unspecified atom stereocenters. The number of nitrogens with zero attached hydrogens (tertiary/aromatic N) is 2. The molecule has 1 aliphatic heterocycles. The Morgan fingerprint density at radius 1 is 0.800 bits per heavy atom. The van der Waals surface area contributed by atoms with Gasteiger partial charge in [-0.25, -0.2) is 4.39 Å². The summed E-state index contributed by atoms with van der Waals surface area (Å²) in [5.74, 6) is -1.84. The second-order valence-corrected chi connectivity index (χ2v) is 9.69. The van der Waals surface area contributed by atoms with Gasteiger partial charge in [0.1, 0.15) is 5.82 Å². The molecule has 1 amide bonds. The van der Waals surface area contributed by atoms with Crippen molar-refractivity contribution in [1.82, 2.24) is 10.2 Å². The van der Waals surface area contributed by atoms with E-state index in [1.54, 1.807) is 0 Å². The Morgan fingerprint density at radius 2 is 1.38 bits per heavy atom. The van der Waals surface area contributed by atoms with E-state index in [4.69, 9.17) is 0 Å². The number of alkyl halides is 6. The molecular formula is C29H28F7N3O. The van der Waals surface area contributed by atoms with Gasteiger partial charge in [-0.05, 0) is 66.6 Å². The van der Waals surface area contributed by atoms with Crippen LogP contribution in [0.25, 0.3) is 0 Å². The van der Waals surface area contributed by atoms with Crippen LogP contribution in [-0.2, 0) is 23.7 Å². The Morgan fingerprint density at radius 3 is 1.93 bits per heavy atom. The Hall–Kier alpha value is -3.60. The van der Waals surface area contributed by atoms with E-state index in [1.807, 2.05) is 30.3 Å². The van der Waals surface area contributed by atoms with Crippen LogP contribution >= 0.6 is 0 Å². The van der Waals surface area contributed by atoms with Crippen molar-refractivity contribution >= 4 is 11.6 Å². The summed E-state index contributed by atoms with van der Waals surface area (Å²) in [6, 6.07) is 16.5. The van der Waals surface area contributed by atoms with Gasteiger partial charge in [-0.2, -0.15) is 26.3 Å². The molecule has 0 radical (unpaired) electrons. The summed E-state index contributed by atoms with van der Waals surface area (Å²) in [5, 5.41) is 2.49. The van der Waals surface area contributed by atoms with Gasteiger partial charge in [0.05, 0.1) is 17.0 Å². The average molecular weight is 568 g/mol. The third-order valence-electron chi connectivity index (χ3n) is 6.93. The minimum atomic E-state index is -4.98. The largest absolute Gasteiger partial charge is 0.416 e. The van der Waals surface area contributed by atoms with E-state index in [1.165, 1.54) is 24.3 Å². The Balaban J connectivity index is 1.44. The second kappa shape index (κ2) is 12.3. The molecule has 1 saturated heterocycles. The summed E-state index contributed by atoms with van der Waals surface area (Å²) in [5.41, 5.74) is -1.60. The first-order chi connectivity index (χ1) is 18.9. The quantitative estimate of drug-likeness (QED) is 0.317. The molecule has 0 bridgehead atoms. The van der Waals surface area contributed by atoms with Crippen molar-refractivity contribution in [3.05, 3.63) is 101 Å². The second-order valence-electron chi connectivity index (χ2n) is 9.69. The monoisotopic (exact) mass is 567 g/mol. The lowest BCUT2D eigenvalue weighted by atomic mass is 9.94. The molecule has 0 aromatic heterocycles. The van der Waals surface area contributed by atoms with Crippen LogP contribution in [0.4, 0.5) is 36.4 Å². The molecule has 4 nitrogen and oxygen atoms in total. The number of anilines is 1. The minimum Gasteiger partial charge on any atom is -0.369 e. The summed E-state index contributed by atoms with van der Waals surface area (Å²) in [6.07, 6.45) is -9.64. The van der Waals surface area contributed by atoms with Gasteiger partial charge in [0.2, 0.25) is 5.91 Å². The molecule has 40 heavy (non-hydrogen) atoms. The lowest BCUT2D eigenvalue weighted by Gasteiger charge is -2.36. The van der Waals surface area contributed by atoms with E-state index >= 15 is 0 Å². The summed E-state index contributed by atoms with van der Waals surface area (Å²) >= 11 is 0. The van der Waals surface area contributed by atoms with Crippen LogP contribution in [0.5, 0.6) is 0 Å². The van der Waals surface area contributed by atoms with E-state index < -0.39 is 47.7 Å². The van der Waals surface area contributed by atoms with Crippen LogP contribution < -0.4 is 10.2 Å². The van der Waals surface area contributed by atoms with Crippen LogP contribution in [0.15, 0.2) is 72.8 Å². The fraction of sp³-hybridized carbons (Fsp3) is 0.345. The molecule has 3 aromatic carbocycles. The molecule has 1 N–H and O–H groups in total. The van der Waals surface area contributed by atoms with E-state index in [-0.39, 0.29) is 11.6 Å². The highest BCUT2D eigenvalue weighted by Crippen LogP contribution is 2.36. The number of hydrogen-bond acceptors (Lipinski definition) is 3. The Labute approximate surface area is 227 Å². The van der Waals surface area contributed by atoms with Gasteiger partial charge in [0.15, 0.2) is 0 Å². The molecule has 0 saturated carbocycles. The third-order valence-corrected chi connectivity index (χ3v) is 6.93. The van der Waals surface area contributed by atoms with Gasteiger partial charge < -0.3 is 10.2 Å². The van der Waals surface area contributed by atoms with Gasteiger partial charge in [0, 0.05) is 38.4 Å². The van der Waals surface area contributed by atoms with Crippen LogP contribution in [0.1, 0.15) is 34.6 Å². The highest BCUT2D eigenvalue weighted by atomic mass is 19.4. The summed E-state index contributed by atoms with van der Waals surface area (Å²) in [6.45, 7) is 3.07.